The first kappa shape index (κ1) is 16.7. The molecule has 2 heterocycles. The number of ether oxygens (including phenoxy) is 3. The number of hydrogen-bond acceptors (Lipinski definition) is 8. The molecule has 0 spiro atoms. The number of carbonyl (C=O) groups excluding carboxylic acids is 2. The normalized spacial score (nSPS) is 23.5. The smallest absolute Gasteiger partial charge is 0.330 e. The maximum atomic E-state index is 11.8. The monoisotopic (exact) mass is 328 g/mol. The SMILES string of the molecule is CC(=O)OC[C@H]1O[C@@H](n2cc(O)c(=O)[nH]c2=O)C[C@@H]1OC(C)=O. The molecule has 1 aromatic rings. The summed E-state index contributed by atoms with van der Waals surface area (Å²) >= 11 is 0. The van der Waals surface area contributed by atoms with Gasteiger partial charge in [-0.15, -0.1) is 0 Å². The number of carbonyl (C=O) groups is 2. The zero-order chi connectivity index (χ0) is 17.1. The lowest BCUT2D eigenvalue weighted by Crippen LogP contribution is -2.32. The summed E-state index contributed by atoms with van der Waals surface area (Å²) in [5, 5.41) is 9.42. The summed E-state index contributed by atoms with van der Waals surface area (Å²) in [6.45, 7) is 2.28. The molecule has 1 saturated heterocycles. The van der Waals surface area contributed by atoms with Crippen molar-refractivity contribution in [3.63, 3.8) is 0 Å². The van der Waals surface area contributed by atoms with Gasteiger partial charge in [0.15, 0.2) is 5.75 Å². The Labute approximate surface area is 129 Å². The van der Waals surface area contributed by atoms with E-state index in [-0.39, 0.29) is 13.0 Å². The van der Waals surface area contributed by atoms with E-state index in [9.17, 15) is 24.3 Å². The Morgan fingerprint density at radius 3 is 2.70 bits per heavy atom. The van der Waals surface area contributed by atoms with E-state index in [1.807, 2.05) is 4.98 Å². The first-order valence-electron chi connectivity index (χ1n) is 6.78. The van der Waals surface area contributed by atoms with Crippen LogP contribution in [0.2, 0.25) is 0 Å². The first-order valence-corrected chi connectivity index (χ1v) is 6.78. The van der Waals surface area contributed by atoms with Crippen molar-refractivity contribution in [1.82, 2.24) is 9.55 Å². The number of H-pyrrole nitrogens is 1. The summed E-state index contributed by atoms with van der Waals surface area (Å²) in [4.78, 5) is 47.0. The number of rotatable bonds is 4. The largest absolute Gasteiger partial charge is 0.502 e. The summed E-state index contributed by atoms with van der Waals surface area (Å²) in [6.07, 6.45) is -1.37. The number of nitrogens with one attached hydrogen (secondary N) is 1. The Bertz CT molecular complexity index is 721. The highest BCUT2D eigenvalue weighted by Crippen LogP contribution is 2.30. The lowest BCUT2D eigenvalue weighted by atomic mass is 10.2. The minimum absolute atomic E-state index is 0.0941. The van der Waals surface area contributed by atoms with Gasteiger partial charge in [0.05, 0.1) is 6.20 Å². The van der Waals surface area contributed by atoms with Crippen LogP contribution in [-0.4, -0.2) is 45.4 Å². The maximum Gasteiger partial charge on any atom is 0.330 e. The van der Waals surface area contributed by atoms with E-state index < -0.39 is 47.4 Å². The van der Waals surface area contributed by atoms with Crippen molar-refractivity contribution in [3.05, 3.63) is 27.0 Å². The van der Waals surface area contributed by atoms with Crippen LogP contribution in [0.5, 0.6) is 5.75 Å². The average molecular weight is 328 g/mol. The van der Waals surface area contributed by atoms with Crippen LogP contribution in [0.25, 0.3) is 0 Å². The van der Waals surface area contributed by atoms with Gasteiger partial charge in [0.25, 0.3) is 5.56 Å². The highest BCUT2D eigenvalue weighted by molar-refractivity contribution is 5.66. The topological polar surface area (TPSA) is 137 Å². The Kier molecular flexibility index (Phi) is 4.84. The van der Waals surface area contributed by atoms with Gasteiger partial charge in [-0.3, -0.25) is 23.9 Å². The fraction of sp³-hybridized carbons (Fsp3) is 0.538. The third kappa shape index (κ3) is 3.97. The molecule has 1 aliphatic rings. The lowest BCUT2D eigenvalue weighted by molar-refractivity contribution is -0.155. The summed E-state index contributed by atoms with van der Waals surface area (Å²) in [7, 11) is 0. The molecule has 1 fully saturated rings. The van der Waals surface area contributed by atoms with Gasteiger partial charge in [0, 0.05) is 20.3 Å². The Morgan fingerprint density at radius 1 is 1.39 bits per heavy atom. The second-order valence-electron chi connectivity index (χ2n) is 5.00. The maximum absolute atomic E-state index is 11.8. The van der Waals surface area contributed by atoms with Crippen LogP contribution in [0.4, 0.5) is 0 Å². The second kappa shape index (κ2) is 6.65. The quantitative estimate of drug-likeness (QED) is 0.673. The van der Waals surface area contributed by atoms with Gasteiger partial charge in [0.1, 0.15) is 25.0 Å². The minimum Gasteiger partial charge on any atom is -0.502 e. The number of esters is 2. The van der Waals surface area contributed by atoms with E-state index in [0.29, 0.717) is 0 Å². The molecule has 126 valence electrons. The predicted octanol–water partition coefficient (Wildman–Crippen LogP) is -0.976. The zero-order valence-electron chi connectivity index (χ0n) is 12.5. The second-order valence-corrected chi connectivity index (χ2v) is 5.00. The number of hydrogen-bond donors (Lipinski definition) is 2. The van der Waals surface area contributed by atoms with Crippen molar-refractivity contribution in [1.29, 1.82) is 0 Å². The highest BCUT2D eigenvalue weighted by Gasteiger charge is 2.39. The molecule has 2 N–H and O–H groups in total. The molecule has 3 atom stereocenters. The van der Waals surface area contributed by atoms with Crippen molar-refractivity contribution in [2.75, 3.05) is 6.61 Å². The first-order chi connectivity index (χ1) is 10.8. The lowest BCUT2D eigenvalue weighted by Gasteiger charge is -2.17. The predicted molar refractivity (Wildman–Crippen MR) is 73.7 cm³/mol. The fourth-order valence-electron chi connectivity index (χ4n) is 2.25. The van der Waals surface area contributed by atoms with Crippen LogP contribution in [0, 0.1) is 0 Å². The molecule has 0 aromatic carbocycles. The van der Waals surface area contributed by atoms with Gasteiger partial charge in [-0.25, -0.2) is 4.79 Å². The molecule has 23 heavy (non-hydrogen) atoms. The minimum atomic E-state index is -0.919. The van der Waals surface area contributed by atoms with Gasteiger partial charge in [-0.05, 0) is 0 Å². The highest BCUT2D eigenvalue weighted by atomic mass is 16.6. The molecular formula is C13H16N2O8. The number of nitrogens with zero attached hydrogens (tertiary/aromatic N) is 1. The van der Waals surface area contributed by atoms with E-state index in [4.69, 9.17) is 14.2 Å². The molecule has 10 nitrogen and oxygen atoms in total. The molecule has 0 radical (unpaired) electrons. The van der Waals surface area contributed by atoms with Crippen molar-refractivity contribution >= 4 is 11.9 Å². The molecule has 0 bridgehead atoms. The van der Waals surface area contributed by atoms with E-state index >= 15 is 0 Å². The molecule has 0 aliphatic carbocycles. The Balaban J connectivity index is 2.23. The number of aromatic hydroxyl groups is 1. The summed E-state index contributed by atoms with van der Waals surface area (Å²) < 4.78 is 16.5. The van der Waals surface area contributed by atoms with Gasteiger partial charge < -0.3 is 19.3 Å². The average Bonchev–Trinajstić information content (AvgIpc) is 2.82. The Hall–Kier alpha value is -2.62. The fourth-order valence-corrected chi connectivity index (χ4v) is 2.25. The molecule has 10 heteroatoms. The van der Waals surface area contributed by atoms with Gasteiger partial charge in [-0.2, -0.15) is 0 Å². The molecular weight excluding hydrogens is 312 g/mol. The van der Waals surface area contributed by atoms with Gasteiger partial charge in [0.2, 0.25) is 0 Å². The van der Waals surface area contributed by atoms with Gasteiger partial charge in [-0.1, -0.05) is 0 Å². The van der Waals surface area contributed by atoms with Crippen LogP contribution in [0.1, 0.15) is 26.5 Å². The van der Waals surface area contributed by atoms with E-state index in [2.05, 4.69) is 0 Å². The van der Waals surface area contributed by atoms with E-state index in [0.717, 1.165) is 10.8 Å². The van der Waals surface area contributed by atoms with E-state index in [1.165, 1.54) is 13.8 Å². The van der Waals surface area contributed by atoms with Crippen molar-refractivity contribution in [2.24, 2.45) is 0 Å². The summed E-state index contributed by atoms with van der Waals surface area (Å²) in [6, 6.07) is 0. The molecule has 0 saturated carbocycles. The van der Waals surface area contributed by atoms with Crippen LogP contribution in [-0.2, 0) is 23.8 Å². The zero-order valence-corrected chi connectivity index (χ0v) is 12.5. The van der Waals surface area contributed by atoms with Crippen molar-refractivity contribution < 1.29 is 28.9 Å². The third-order valence-electron chi connectivity index (χ3n) is 3.21. The number of aromatic nitrogens is 2. The van der Waals surface area contributed by atoms with Crippen LogP contribution < -0.4 is 11.2 Å². The summed E-state index contributed by atoms with van der Waals surface area (Å²) in [5.74, 6) is -1.73. The van der Waals surface area contributed by atoms with Crippen molar-refractivity contribution in [2.45, 2.75) is 38.7 Å². The molecule has 1 aliphatic heterocycles. The molecule has 1 aromatic heterocycles. The molecule has 2 rings (SSSR count). The molecule has 0 amide bonds. The Morgan fingerprint density at radius 2 is 2.09 bits per heavy atom. The summed E-state index contributed by atoms with van der Waals surface area (Å²) in [5.41, 5.74) is -1.70. The standard InChI is InChI=1S/C13H16N2O8/c1-6(16)21-5-10-9(22-7(2)17)3-11(23-10)15-4-8(18)12(19)14-13(15)20/h4,9-11,18H,3,5H2,1-2H3,(H,14,19,20)/t9-,10+,11+/m0/s1. The van der Waals surface area contributed by atoms with Crippen LogP contribution >= 0.6 is 0 Å². The molecule has 0 unspecified atom stereocenters. The van der Waals surface area contributed by atoms with Gasteiger partial charge >= 0.3 is 17.6 Å². The number of aromatic amines is 1. The third-order valence-corrected chi connectivity index (χ3v) is 3.21. The van der Waals surface area contributed by atoms with Crippen LogP contribution in [0.3, 0.4) is 0 Å². The van der Waals surface area contributed by atoms with Crippen molar-refractivity contribution in [3.8, 4) is 5.75 Å². The van der Waals surface area contributed by atoms with E-state index in [1.54, 1.807) is 0 Å². The van der Waals surface area contributed by atoms with Crippen LogP contribution in [0.15, 0.2) is 15.8 Å².